The number of nitro groups is 1. The molecule has 1 aromatic heterocycles. The molecule has 1 amide bonds. The molecule has 2 aromatic rings. The summed E-state index contributed by atoms with van der Waals surface area (Å²) in [4.78, 5) is 39.3. The topological polar surface area (TPSA) is 127 Å². The van der Waals surface area contributed by atoms with E-state index in [4.69, 9.17) is 0 Å². The van der Waals surface area contributed by atoms with Crippen molar-refractivity contribution in [1.82, 2.24) is 14.9 Å². The Kier molecular flexibility index (Phi) is 5.20. The molecule has 1 aromatic carbocycles. The molecule has 142 valence electrons. The van der Waals surface area contributed by atoms with Crippen molar-refractivity contribution < 1.29 is 19.6 Å². The van der Waals surface area contributed by atoms with E-state index in [1.54, 1.807) is 6.20 Å². The monoisotopic (exact) mass is 372 g/mol. The molecule has 0 unspecified atom stereocenters. The summed E-state index contributed by atoms with van der Waals surface area (Å²) in [6, 6.07) is 4.07. The van der Waals surface area contributed by atoms with E-state index in [1.807, 2.05) is 0 Å². The lowest BCUT2D eigenvalue weighted by Gasteiger charge is -2.29. The maximum atomic E-state index is 12.7. The maximum absolute atomic E-state index is 12.7. The predicted molar refractivity (Wildman–Crippen MR) is 95.8 cm³/mol. The van der Waals surface area contributed by atoms with E-state index in [9.17, 15) is 24.8 Å². The molecule has 0 spiro atoms. The van der Waals surface area contributed by atoms with Gasteiger partial charge in [0.15, 0.2) is 0 Å². The average molecular weight is 372 g/mol. The number of nitrogens with one attached hydrogen (secondary N) is 1. The van der Waals surface area contributed by atoms with Crippen LogP contribution in [0.15, 0.2) is 36.9 Å². The fourth-order valence-corrected chi connectivity index (χ4v) is 3.44. The summed E-state index contributed by atoms with van der Waals surface area (Å²) >= 11 is 0. The number of carbonyl (C=O) groups excluding carboxylic acids is 1. The van der Waals surface area contributed by atoms with Crippen LogP contribution < -0.4 is 5.32 Å². The van der Waals surface area contributed by atoms with Crippen molar-refractivity contribution >= 4 is 17.6 Å². The van der Waals surface area contributed by atoms with Crippen LogP contribution in [-0.2, 0) is 4.79 Å². The number of nitro benzene ring substituents is 1. The number of imidazole rings is 1. The van der Waals surface area contributed by atoms with Gasteiger partial charge in [-0.15, -0.1) is 0 Å². The molecule has 3 rings (SSSR count). The summed E-state index contributed by atoms with van der Waals surface area (Å²) in [7, 11) is 0. The Bertz CT molecular complexity index is 855. The minimum atomic E-state index is -1.33. The van der Waals surface area contributed by atoms with Gasteiger partial charge in [-0.3, -0.25) is 14.9 Å². The molecule has 1 aliphatic carbocycles. The van der Waals surface area contributed by atoms with E-state index in [-0.39, 0.29) is 16.9 Å². The van der Waals surface area contributed by atoms with Gasteiger partial charge in [-0.1, -0.05) is 25.7 Å². The van der Waals surface area contributed by atoms with Crippen LogP contribution in [0.5, 0.6) is 0 Å². The number of carboxylic acid groups (broad SMARTS) is 1. The molecule has 1 fully saturated rings. The summed E-state index contributed by atoms with van der Waals surface area (Å²) in [6.45, 7) is 0. The van der Waals surface area contributed by atoms with E-state index >= 15 is 0 Å². The minimum absolute atomic E-state index is 0.0513. The molecule has 1 saturated carbocycles. The number of hydrogen-bond acceptors (Lipinski definition) is 5. The zero-order valence-corrected chi connectivity index (χ0v) is 14.6. The third-order valence-electron chi connectivity index (χ3n) is 4.94. The molecule has 0 saturated heterocycles. The van der Waals surface area contributed by atoms with E-state index in [0.29, 0.717) is 25.7 Å². The second-order valence-corrected chi connectivity index (χ2v) is 6.69. The summed E-state index contributed by atoms with van der Waals surface area (Å²) in [5.74, 6) is -1.69. The van der Waals surface area contributed by atoms with Gasteiger partial charge in [0.1, 0.15) is 11.2 Å². The van der Waals surface area contributed by atoms with Gasteiger partial charge in [0.05, 0.1) is 11.3 Å². The molecule has 0 aliphatic heterocycles. The second-order valence-electron chi connectivity index (χ2n) is 6.69. The van der Waals surface area contributed by atoms with E-state index < -0.39 is 22.3 Å². The van der Waals surface area contributed by atoms with Gasteiger partial charge in [0, 0.05) is 24.0 Å². The van der Waals surface area contributed by atoms with Crippen molar-refractivity contribution in [2.75, 3.05) is 0 Å². The number of carboxylic acids is 1. The average Bonchev–Trinajstić information content (AvgIpc) is 3.07. The molecule has 1 heterocycles. The highest BCUT2D eigenvalue weighted by Crippen LogP contribution is 2.29. The van der Waals surface area contributed by atoms with Crippen molar-refractivity contribution in [3.8, 4) is 5.69 Å². The highest BCUT2D eigenvalue weighted by molar-refractivity contribution is 5.98. The second kappa shape index (κ2) is 7.56. The SMILES string of the molecule is O=C(NC1(C(=O)O)CCCCCC1)c1ccc(-n2ccnc2)c([N+](=O)[O-])c1. The number of aromatic nitrogens is 2. The molecule has 9 nitrogen and oxygen atoms in total. The summed E-state index contributed by atoms with van der Waals surface area (Å²) in [5.41, 5.74) is -1.26. The van der Waals surface area contributed by atoms with Gasteiger partial charge in [-0.2, -0.15) is 0 Å². The van der Waals surface area contributed by atoms with Gasteiger partial charge in [-0.05, 0) is 25.0 Å². The Morgan fingerprint density at radius 3 is 2.48 bits per heavy atom. The first-order valence-corrected chi connectivity index (χ1v) is 8.76. The van der Waals surface area contributed by atoms with Crippen LogP contribution >= 0.6 is 0 Å². The Morgan fingerprint density at radius 1 is 1.22 bits per heavy atom. The first-order chi connectivity index (χ1) is 12.9. The summed E-state index contributed by atoms with van der Waals surface area (Å²) < 4.78 is 1.48. The predicted octanol–water partition coefficient (Wildman–Crippen LogP) is 2.69. The quantitative estimate of drug-likeness (QED) is 0.472. The first kappa shape index (κ1) is 18.6. The molecule has 2 N–H and O–H groups in total. The van der Waals surface area contributed by atoms with Gasteiger partial charge in [0.2, 0.25) is 0 Å². The van der Waals surface area contributed by atoms with E-state index in [0.717, 1.165) is 18.9 Å². The smallest absolute Gasteiger partial charge is 0.329 e. The molecular weight excluding hydrogens is 352 g/mol. The first-order valence-electron chi connectivity index (χ1n) is 8.76. The number of carbonyl (C=O) groups is 2. The van der Waals surface area contributed by atoms with Crippen LogP contribution in [0, 0.1) is 10.1 Å². The number of nitrogens with zero attached hydrogens (tertiary/aromatic N) is 3. The lowest BCUT2D eigenvalue weighted by atomic mass is 9.89. The van der Waals surface area contributed by atoms with Crippen LogP contribution in [0.3, 0.4) is 0 Å². The molecule has 9 heteroatoms. The van der Waals surface area contributed by atoms with Crippen LogP contribution in [0.1, 0.15) is 48.9 Å². The number of hydrogen-bond donors (Lipinski definition) is 2. The van der Waals surface area contributed by atoms with Crippen molar-refractivity contribution in [2.24, 2.45) is 0 Å². The normalized spacial score (nSPS) is 16.3. The summed E-state index contributed by atoms with van der Waals surface area (Å²) in [6.07, 6.45) is 8.46. The zero-order chi connectivity index (χ0) is 19.4. The number of aliphatic carboxylic acids is 1. The highest BCUT2D eigenvalue weighted by atomic mass is 16.6. The minimum Gasteiger partial charge on any atom is -0.480 e. The highest BCUT2D eigenvalue weighted by Gasteiger charge is 2.40. The van der Waals surface area contributed by atoms with E-state index in [1.165, 1.54) is 29.2 Å². The van der Waals surface area contributed by atoms with Crippen molar-refractivity contribution in [3.63, 3.8) is 0 Å². The lowest BCUT2D eigenvalue weighted by molar-refractivity contribution is -0.384. The third kappa shape index (κ3) is 3.81. The van der Waals surface area contributed by atoms with Gasteiger partial charge < -0.3 is 15.0 Å². The number of benzene rings is 1. The van der Waals surface area contributed by atoms with Crippen LogP contribution in [0.25, 0.3) is 5.69 Å². The summed E-state index contributed by atoms with van der Waals surface area (Å²) in [5, 5.41) is 23.8. The van der Waals surface area contributed by atoms with Gasteiger partial charge >= 0.3 is 5.97 Å². The number of rotatable bonds is 5. The standard InChI is InChI=1S/C18H20N4O5/c23-16(20-18(17(24)25)7-3-1-2-4-8-18)13-5-6-14(15(11-13)22(26)27)21-10-9-19-12-21/h5-6,9-12H,1-4,7-8H2,(H,20,23)(H,24,25). The third-order valence-corrected chi connectivity index (χ3v) is 4.94. The lowest BCUT2D eigenvalue weighted by Crippen LogP contribution is -2.54. The molecule has 0 atom stereocenters. The zero-order valence-electron chi connectivity index (χ0n) is 14.6. The number of amides is 1. The molecule has 1 aliphatic rings. The fraction of sp³-hybridized carbons (Fsp3) is 0.389. The van der Waals surface area contributed by atoms with Crippen molar-refractivity contribution in [2.45, 2.75) is 44.1 Å². The molecule has 0 bridgehead atoms. The van der Waals surface area contributed by atoms with Crippen LogP contribution in [0.2, 0.25) is 0 Å². The Morgan fingerprint density at radius 2 is 1.93 bits per heavy atom. The Hall–Kier alpha value is -3.23. The van der Waals surface area contributed by atoms with Crippen LogP contribution in [-0.4, -0.2) is 37.0 Å². The van der Waals surface area contributed by atoms with Crippen LogP contribution in [0.4, 0.5) is 5.69 Å². The largest absolute Gasteiger partial charge is 0.480 e. The molecule has 27 heavy (non-hydrogen) atoms. The Labute approximate surface area is 155 Å². The van der Waals surface area contributed by atoms with Crippen molar-refractivity contribution in [1.29, 1.82) is 0 Å². The van der Waals surface area contributed by atoms with Gasteiger partial charge in [-0.25, -0.2) is 9.78 Å². The van der Waals surface area contributed by atoms with Gasteiger partial charge in [0.25, 0.3) is 11.6 Å². The fourth-order valence-electron chi connectivity index (χ4n) is 3.44. The Balaban J connectivity index is 1.91. The molecular formula is C18H20N4O5. The van der Waals surface area contributed by atoms with E-state index in [2.05, 4.69) is 10.3 Å². The molecule has 0 radical (unpaired) electrons. The van der Waals surface area contributed by atoms with Crippen molar-refractivity contribution in [3.05, 3.63) is 52.6 Å². The maximum Gasteiger partial charge on any atom is 0.329 e.